The fraction of sp³-hybridized carbons (Fsp3) is 0.333. The number of rotatable bonds is 9. The van der Waals surface area contributed by atoms with E-state index in [1.54, 1.807) is 0 Å². The summed E-state index contributed by atoms with van der Waals surface area (Å²) in [5.41, 5.74) is 0. The Bertz CT molecular complexity index is 754. The summed E-state index contributed by atoms with van der Waals surface area (Å²) in [5.74, 6) is -1.98. The molecule has 0 unspecified atom stereocenters. The van der Waals surface area contributed by atoms with Gasteiger partial charge in [-0.1, -0.05) is 17.7 Å². The van der Waals surface area contributed by atoms with Crippen molar-refractivity contribution < 1.29 is 27.1 Å². The number of nitrogens with one attached hydrogen (secondary N) is 2. The van der Waals surface area contributed by atoms with Gasteiger partial charge in [0.05, 0.1) is 16.3 Å². The van der Waals surface area contributed by atoms with Crippen molar-refractivity contribution in [3.63, 3.8) is 0 Å². The minimum absolute atomic E-state index is 0.232. The predicted molar refractivity (Wildman–Crippen MR) is 90.0 cm³/mol. The maximum absolute atomic E-state index is 13.1. The molecule has 0 saturated heterocycles. The summed E-state index contributed by atoms with van der Waals surface area (Å²) in [4.78, 5) is 22.9. The van der Waals surface area contributed by atoms with E-state index in [4.69, 9.17) is 16.3 Å². The molecule has 1 amide bonds. The maximum atomic E-state index is 13.1. The Kier molecular flexibility index (Phi) is 8.01. The van der Waals surface area contributed by atoms with Gasteiger partial charge in [0.1, 0.15) is 5.82 Å². The monoisotopic (exact) mass is 392 g/mol. The molecule has 0 aliphatic heterocycles. The van der Waals surface area contributed by atoms with Crippen LogP contribution in [0.15, 0.2) is 35.7 Å². The highest BCUT2D eigenvalue weighted by atomic mass is 35.5. The lowest BCUT2D eigenvalue weighted by Crippen LogP contribution is -2.36. The molecule has 0 aromatic heterocycles. The second-order valence-corrected chi connectivity index (χ2v) is 7.06. The SMILES string of the molecule is C=CCNC(=O)[C@@H](C)OC(=O)CCNS(=O)(=O)c1ccc(F)c(Cl)c1. The van der Waals surface area contributed by atoms with Crippen molar-refractivity contribution in [1.82, 2.24) is 10.0 Å². The molecule has 25 heavy (non-hydrogen) atoms. The Labute approximate surface area is 150 Å². The summed E-state index contributed by atoms with van der Waals surface area (Å²) in [6.07, 6.45) is 0.177. The van der Waals surface area contributed by atoms with Gasteiger partial charge in [-0.05, 0) is 25.1 Å². The first-order chi connectivity index (χ1) is 11.7. The van der Waals surface area contributed by atoms with Crippen molar-refractivity contribution in [3.05, 3.63) is 41.7 Å². The summed E-state index contributed by atoms with van der Waals surface area (Å²) in [7, 11) is -3.95. The van der Waals surface area contributed by atoms with Gasteiger partial charge in [0.2, 0.25) is 10.0 Å². The Balaban J connectivity index is 2.50. The molecule has 7 nitrogen and oxygen atoms in total. The van der Waals surface area contributed by atoms with E-state index in [9.17, 15) is 22.4 Å². The molecule has 1 rings (SSSR count). The number of ether oxygens (including phenoxy) is 1. The van der Waals surface area contributed by atoms with Crippen LogP contribution >= 0.6 is 11.6 Å². The normalized spacial score (nSPS) is 12.3. The van der Waals surface area contributed by atoms with Crippen LogP contribution in [0.5, 0.6) is 0 Å². The standard InChI is InChI=1S/C15H18ClFN2O5S/c1-3-7-18-15(21)10(2)24-14(20)6-8-19-25(22,23)11-4-5-13(17)12(16)9-11/h3-5,9-10,19H,1,6-8H2,2H3,(H,18,21)/t10-/m1/s1. The van der Waals surface area contributed by atoms with Gasteiger partial charge in [0, 0.05) is 13.1 Å². The Morgan fingerprint density at radius 3 is 2.72 bits per heavy atom. The highest BCUT2D eigenvalue weighted by molar-refractivity contribution is 7.89. The lowest BCUT2D eigenvalue weighted by molar-refractivity contribution is -0.154. The van der Waals surface area contributed by atoms with Crippen LogP contribution in [0, 0.1) is 5.82 Å². The summed E-state index contributed by atoms with van der Waals surface area (Å²) >= 11 is 5.54. The zero-order chi connectivity index (χ0) is 19.0. The number of hydrogen-bond donors (Lipinski definition) is 2. The first-order valence-corrected chi connectivity index (χ1v) is 9.06. The molecule has 138 valence electrons. The van der Waals surface area contributed by atoms with Gasteiger partial charge in [0.25, 0.3) is 5.91 Å². The molecule has 0 saturated carbocycles. The molecule has 0 heterocycles. The average Bonchev–Trinajstić information content (AvgIpc) is 2.54. The van der Waals surface area contributed by atoms with Crippen LogP contribution in [0.25, 0.3) is 0 Å². The fourth-order valence-corrected chi connectivity index (χ4v) is 2.94. The molecule has 0 fully saturated rings. The second kappa shape index (κ2) is 9.50. The Morgan fingerprint density at radius 1 is 1.44 bits per heavy atom. The summed E-state index contributed by atoms with van der Waals surface area (Å²) in [5, 5.41) is 2.13. The smallest absolute Gasteiger partial charge is 0.307 e. The second-order valence-electron chi connectivity index (χ2n) is 4.89. The molecule has 0 aliphatic rings. The van der Waals surface area contributed by atoms with E-state index in [2.05, 4.69) is 16.6 Å². The lowest BCUT2D eigenvalue weighted by Gasteiger charge is -2.13. The van der Waals surface area contributed by atoms with Crippen LogP contribution in [0.1, 0.15) is 13.3 Å². The molecule has 0 radical (unpaired) electrons. The quantitative estimate of drug-likeness (QED) is 0.488. The van der Waals surface area contributed by atoms with Gasteiger partial charge in [-0.2, -0.15) is 0 Å². The van der Waals surface area contributed by atoms with E-state index >= 15 is 0 Å². The van der Waals surface area contributed by atoms with Gasteiger partial charge in [-0.3, -0.25) is 9.59 Å². The molecular formula is C15H18ClFN2O5S. The minimum atomic E-state index is -3.95. The van der Waals surface area contributed by atoms with Crippen LogP contribution < -0.4 is 10.0 Å². The van der Waals surface area contributed by atoms with Crippen LogP contribution in [-0.2, 0) is 24.3 Å². The van der Waals surface area contributed by atoms with Crippen molar-refractivity contribution >= 4 is 33.5 Å². The van der Waals surface area contributed by atoms with E-state index in [0.717, 1.165) is 18.2 Å². The zero-order valence-corrected chi connectivity index (χ0v) is 15.0. The summed E-state index contributed by atoms with van der Waals surface area (Å²) in [6, 6.07) is 2.94. The molecule has 1 aromatic rings. The highest BCUT2D eigenvalue weighted by Crippen LogP contribution is 2.19. The number of sulfonamides is 1. The third-order valence-electron chi connectivity index (χ3n) is 2.92. The van der Waals surface area contributed by atoms with Gasteiger partial charge >= 0.3 is 5.97 Å². The first kappa shape index (κ1) is 21.1. The van der Waals surface area contributed by atoms with E-state index in [-0.39, 0.29) is 29.4 Å². The van der Waals surface area contributed by atoms with Crippen LogP contribution in [-0.4, -0.2) is 39.5 Å². The first-order valence-electron chi connectivity index (χ1n) is 7.20. The van der Waals surface area contributed by atoms with Crippen molar-refractivity contribution in [1.29, 1.82) is 0 Å². The van der Waals surface area contributed by atoms with Crippen molar-refractivity contribution in [3.8, 4) is 0 Å². The number of benzene rings is 1. The summed E-state index contributed by atoms with van der Waals surface area (Å²) in [6.45, 7) is 4.81. The van der Waals surface area contributed by atoms with Crippen LogP contribution in [0.3, 0.4) is 0 Å². The number of amides is 1. The Hall–Kier alpha value is -1.97. The number of esters is 1. The number of carbonyl (C=O) groups excluding carboxylic acids is 2. The van der Waals surface area contributed by atoms with Gasteiger partial charge in [-0.25, -0.2) is 17.5 Å². The largest absolute Gasteiger partial charge is 0.453 e. The van der Waals surface area contributed by atoms with E-state index in [1.807, 2.05) is 0 Å². The van der Waals surface area contributed by atoms with Crippen molar-refractivity contribution in [2.75, 3.05) is 13.1 Å². The summed E-state index contributed by atoms with van der Waals surface area (Å²) < 4.78 is 44.1. The molecule has 10 heteroatoms. The molecule has 2 N–H and O–H groups in total. The molecular weight excluding hydrogens is 375 g/mol. The van der Waals surface area contributed by atoms with Gasteiger partial charge in [0.15, 0.2) is 6.10 Å². The minimum Gasteiger partial charge on any atom is -0.453 e. The molecule has 1 atom stereocenters. The van der Waals surface area contributed by atoms with Gasteiger partial charge in [-0.15, -0.1) is 6.58 Å². The Morgan fingerprint density at radius 2 is 2.12 bits per heavy atom. The molecule has 0 aliphatic carbocycles. The third kappa shape index (κ3) is 6.81. The maximum Gasteiger partial charge on any atom is 0.307 e. The average molecular weight is 393 g/mol. The van der Waals surface area contributed by atoms with Crippen LogP contribution in [0.4, 0.5) is 4.39 Å². The molecule has 0 bridgehead atoms. The molecule has 1 aromatic carbocycles. The van der Waals surface area contributed by atoms with Crippen molar-refractivity contribution in [2.24, 2.45) is 0 Å². The number of hydrogen-bond acceptors (Lipinski definition) is 5. The fourth-order valence-electron chi connectivity index (χ4n) is 1.64. The van der Waals surface area contributed by atoms with E-state index < -0.39 is 33.8 Å². The van der Waals surface area contributed by atoms with E-state index in [1.165, 1.54) is 13.0 Å². The molecule has 0 spiro atoms. The lowest BCUT2D eigenvalue weighted by atomic mass is 10.3. The van der Waals surface area contributed by atoms with Crippen molar-refractivity contribution in [2.45, 2.75) is 24.3 Å². The zero-order valence-electron chi connectivity index (χ0n) is 13.4. The third-order valence-corrected chi connectivity index (χ3v) is 4.67. The predicted octanol–water partition coefficient (Wildman–Crippen LogP) is 1.38. The number of carbonyl (C=O) groups is 2. The van der Waals surface area contributed by atoms with E-state index in [0.29, 0.717) is 0 Å². The topological polar surface area (TPSA) is 102 Å². The van der Waals surface area contributed by atoms with Gasteiger partial charge < -0.3 is 10.1 Å². The number of halogens is 2. The van der Waals surface area contributed by atoms with Crippen LogP contribution in [0.2, 0.25) is 5.02 Å². The highest BCUT2D eigenvalue weighted by Gasteiger charge is 2.19.